The summed E-state index contributed by atoms with van der Waals surface area (Å²) in [6, 6.07) is 12.6. The molecule has 0 unspecified atom stereocenters. The molecular weight excluding hydrogens is 452 g/mol. The molecule has 1 aliphatic heterocycles. The number of rotatable bonds is 6. The predicted octanol–water partition coefficient (Wildman–Crippen LogP) is 4.18. The number of hydrogen-bond donors (Lipinski definition) is 1. The summed E-state index contributed by atoms with van der Waals surface area (Å²) in [4.78, 5) is 25.0. The maximum absolute atomic E-state index is 13.7. The summed E-state index contributed by atoms with van der Waals surface area (Å²) in [5, 5.41) is 7.23. The molecule has 1 amide bonds. The number of carbonyl (C=O) groups excluding carboxylic acids is 2. The first kappa shape index (κ1) is 23.7. The molecule has 0 fully saturated rings. The van der Waals surface area contributed by atoms with Crippen LogP contribution in [-0.2, 0) is 27.7 Å². The number of fused-ring (bicyclic) bond motifs is 1. The van der Waals surface area contributed by atoms with Gasteiger partial charge in [-0.05, 0) is 48.6 Å². The van der Waals surface area contributed by atoms with Crippen molar-refractivity contribution in [3.05, 3.63) is 59.3 Å². The predicted molar refractivity (Wildman–Crippen MR) is 132 cm³/mol. The first-order valence-corrected chi connectivity index (χ1v) is 12.8. The number of para-hydroxylation sites is 1. The molecule has 0 atom stereocenters. The number of benzene rings is 2. The number of hydrogen-bond acceptors (Lipinski definition) is 5. The molecule has 0 aliphatic carbocycles. The van der Waals surface area contributed by atoms with Gasteiger partial charge in [0.1, 0.15) is 5.82 Å². The van der Waals surface area contributed by atoms with Crippen LogP contribution in [0.4, 0.5) is 11.5 Å². The number of amides is 1. The molecule has 8 nitrogen and oxygen atoms in total. The molecule has 34 heavy (non-hydrogen) atoms. The largest absolute Gasteiger partial charge is 0.310 e. The summed E-state index contributed by atoms with van der Waals surface area (Å²) >= 11 is 0. The Hall–Kier alpha value is -3.46. The average Bonchev–Trinajstić information content (AvgIpc) is 3.13. The molecule has 1 N–H and O–H groups in total. The maximum Gasteiger partial charge on any atom is 0.264 e. The van der Waals surface area contributed by atoms with Gasteiger partial charge in [-0.15, -0.1) is 0 Å². The lowest BCUT2D eigenvalue weighted by atomic mass is 10.0. The minimum absolute atomic E-state index is 0.0677. The lowest BCUT2D eigenvalue weighted by Crippen LogP contribution is -2.28. The summed E-state index contributed by atoms with van der Waals surface area (Å²) in [5.41, 5.74) is 3.91. The summed E-state index contributed by atoms with van der Waals surface area (Å²) < 4.78 is 30.0. The van der Waals surface area contributed by atoms with Gasteiger partial charge in [-0.25, -0.2) is 8.42 Å². The highest BCUT2D eigenvalue weighted by molar-refractivity contribution is 7.92. The number of nitrogens with zero attached hydrogens (tertiary/aromatic N) is 3. The highest BCUT2D eigenvalue weighted by atomic mass is 32.2. The fourth-order valence-electron chi connectivity index (χ4n) is 4.26. The number of aryl methyl sites for hydroxylation is 3. The Bertz CT molecular complexity index is 1390. The fraction of sp³-hybridized carbons (Fsp3) is 0.320. The first-order valence-electron chi connectivity index (χ1n) is 11.3. The third-order valence-corrected chi connectivity index (χ3v) is 8.09. The number of aromatic nitrogens is 2. The third kappa shape index (κ3) is 4.00. The van der Waals surface area contributed by atoms with Crippen molar-refractivity contribution < 1.29 is 18.0 Å². The van der Waals surface area contributed by atoms with Gasteiger partial charge in [0.05, 0.1) is 16.3 Å². The van der Waals surface area contributed by atoms with Gasteiger partial charge in [0.2, 0.25) is 11.8 Å². The number of anilines is 2. The molecule has 0 saturated carbocycles. The van der Waals surface area contributed by atoms with Crippen molar-refractivity contribution in [1.29, 1.82) is 0 Å². The van der Waals surface area contributed by atoms with E-state index in [1.165, 1.54) is 8.99 Å². The zero-order valence-corrected chi connectivity index (χ0v) is 20.6. The van der Waals surface area contributed by atoms with Crippen molar-refractivity contribution in [2.45, 2.75) is 51.3 Å². The van der Waals surface area contributed by atoms with Crippen molar-refractivity contribution in [3.63, 3.8) is 0 Å². The molecule has 178 valence electrons. The zero-order chi connectivity index (χ0) is 24.6. The number of sulfonamides is 1. The van der Waals surface area contributed by atoms with E-state index in [1.807, 2.05) is 32.0 Å². The van der Waals surface area contributed by atoms with Crippen LogP contribution >= 0.6 is 0 Å². The van der Waals surface area contributed by atoms with E-state index in [1.54, 1.807) is 38.2 Å². The van der Waals surface area contributed by atoms with E-state index in [0.717, 1.165) is 5.56 Å². The lowest BCUT2D eigenvalue weighted by Gasteiger charge is -2.23. The van der Waals surface area contributed by atoms with Gasteiger partial charge in [-0.3, -0.25) is 13.9 Å². The molecule has 2 heterocycles. The molecule has 0 spiro atoms. The summed E-state index contributed by atoms with van der Waals surface area (Å²) in [7, 11) is -2.33. The Morgan fingerprint density at radius 3 is 2.50 bits per heavy atom. The molecule has 0 saturated heterocycles. The van der Waals surface area contributed by atoms with Crippen LogP contribution in [0.2, 0.25) is 0 Å². The normalized spacial score (nSPS) is 13.9. The van der Waals surface area contributed by atoms with E-state index < -0.39 is 10.0 Å². The van der Waals surface area contributed by atoms with Crippen molar-refractivity contribution in [2.24, 2.45) is 0 Å². The van der Waals surface area contributed by atoms with E-state index in [9.17, 15) is 18.0 Å². The van der Waals surface area contributed by atoms with Gasteiger partial charge in [-0.1, -0.05) is 44.2 Å². The van der Waals surface area contributed by atoms with Crippen LogP contribution in [0.3, 0.4) is 0 Å². The second-order valence-corrected chi connectivity index (χ2v) is 10.3. The molecule has 1 aromatic heterocycles. The van der Waals surface area contributed by atoms with Crippen LogP contribution < -0.4 is 9.62 Å². The van der Waals surface area contributed by atoms with Crippen molar-refractivity contribution in [3.8, 4) is 11.1 Å². The monoisotopic (exact) mass is 480 g/mol. The SMILES string of the molecule is CCc1ccccc1N(C)S(=O)(=O)c1cc(-c2c(CC)nn3c2NC(=O)CCC3=O)ccc1C. The minimum atomic E-state index is -3.89. The van der Waals surface area contributed by atoms with Gasteiger partial charge in [0, 0.05) is 25.5 Å². The Labute approximate surface area is 199 Å². The molecular formula is C25H28N4O4S. The van der Waals surface area contributed by atoms with Crippen LogP contribution in [0.5, 0.6) is 0 Å². The molecule has 9 heteroatoms. The van der Waals surface area contributed by atoms with Crippen LogP contribution in [0, 0.1) is 6.92 Å². The third-order valence-electron chi connectivity index (χ3n) is 6.18. The van der Waals surface area contributed by atoms with Gasteiger partial charge in [0.25, 0.3) is 10.0 Å². The van der Waals surface area contributed by atoms with Crippen LogP contribution in [-0.4, -0.2) is 37.1 Å². The van der Waals surface area contributed by atoms with E-state index in [2.05, 4.69) is 10.4 Å². The van der Waals surface area contributed by atoms with Crippen LogP contribution in [0.1, 0.15) is 48.3 Å². The van der Waals surface area contributed by atoms with Gasteiger partial charge < -0.3 is 5.32 Å². The molecule has 0 radical (unpaired) electrons. The number of carbonyl (C=O) groups is 2. The first-order chi connectivity index (χ1) is 16.2. The molecule has 2 aromatic carbocycles. The van der Waals surface area contributed by atoms with Crippen LogP contribution in [0.25, 0.3) is 11.1 Å². The highest BCUT2D eigenvalue weighted by Gasteiger charge is 2.29. The Morgan fingerprint density at radius 2 is 1.79 bits per heavy atom. The fourth-order valence-corrected chi connectivity index (χ4v) is 5.74. The van der Waals surface area contributed by atoms with E-state index in [4.69, 9.17) is 0 Å². The van der Waals surface area contributed by atoms with Crippen LogP contribution in [0.15, 0.2) is 47.4 Å². The second kappa shape index (κ2) is 9.06. The minimum Gasteiger partial charge on any atom is -0.310 e. The quantitative estimate of drug-likeness (QED) is 0.570. The molecule has 1 aliphatic rings. The maximum atomic E-state index is 13.7. The Morgan fingerprint density at radius 1 is 1.06 bits per heavy atom. The Balaban J connectivity index is 1.87. The smallest absolute Gasteiger partial charge is 0.264 e. The highest BCUT2D eigenvalue weighted by Crippen LogP contribution is 2.37. The van der Waals surface area contributed by atoms with E-state index >= 15 is 0 Å². The van der Waals surface area contributed by atoms with Crippen molar-refractivity contribution in [1.82, 2.24) is 9.78 Å². The topological polar surface area (TPSA) is 101 Å². The average molecular weight is 481 g/mol. The molecule has 4 rings (SSSR count). The summed E-state index contributed by atoms with van der Waals surface area (Å²) in [6.07, 6.45) is 1.36. The summed E-state index contributed by atoms with van der Waals surface area (Å²) in [6.45, 7) is 5.64. The van der Waals surface area contributed by atoms with Crippen molar-refractivity contribution in [2.75, 3.05) is 16.7 Å². The van der Waals surface area contributed by atoms with Crippen molar-refractivity contribution >= 4 is 33.3 Å². The number of nitrogens with one attached hydrogen (secondary N) is 1. The summed E-state index contributed by atoms with van der Waals surface area (Å²) in [5.74, 6) is -0.252. The Kier molecular flexibility index (Phi) is 6.31. The van der Waals surface area contributed by atoms with E-state index in [-0.39, 0.29) is 29.6 Å². The standard InChI is InChI=1S/C25H28N4O4S/c1-5-17-9-7-8-10-20(17)28(4)34(32,33)21-15-18(12-11-16(21)3)24-19(6-2)27-29-23(31)14-13-22(30)26-25(24)29/h7-12,15H,5-6,13-14H2,1-4H3,(H,26,30). The lowest BCUT2D eigenvalue weighted by molar-refractivity contribution is -0.116. The molecule has 0 bridgehead atoms. The molecule has 3 aromatic rings. The van der Waals surface area contributed by atoms with Gasteiger partial charge in [-0.2, -0.15) is 9.78 Å². The van der Waals surface area contributed by atoms with Gasteiger partial charge >= 0.3 is 0 Å². The zero-order valence-electron chi connectivity index (χ0n) is 19.8. The van der Waals surface area contributed by atoms with E-state index in [0.29, 0.717) is 46.7 Å². The second-order valence-electron chi connectivity index (χ2n) is 8.31. The van der Waals surface area contributed by atoms with Gasteiger partial charge in [0.15, 0.2) is 0 Å².